The largest absolute Gasteiger partial charge is 0.465 e. The van der Waals surface area contributed by atoms with Crippen molar-refractivity contribution in [3.63, 3.8) is 0 Å². The Morgan fingerprint density at radius 1 is 1.35 bits per heavy atom. The topological polar surface area (TPSA) is 90.4 Å². The number of nitrogens with zero attached hydrogens (tertiary/aromatic N) is 3. The van der Waals surface area contributed by atoms with Gasteiger partial charge in [-0.25, -0.2) is 14.2 Å². The van der Waals surface area contributed by atoms with Crippen LogP contribution in [0.15, 0.2) is 30.3 Å². The second-order valence-corrected chi connectivity index (χ2v) is 6.30. The first-order chi connectivity index (χ1) is 12.5. The number of halogens is 1. The molecule has 0 bridgehead atoms. The van der Waals surface area contributed by atoms with E-state index in [0.29, 0.717) is 18.2 Å². The molecule has 1 aromatic carbocycles. The Kier molecular flexibility index (Phi) is 5.50. The monoisotopic (exact) mass is 359 g/mol. The van der Waals surface area contributed by atoms with Crippen LogP contribution in [0.5, 0.6) is 0 Å². The van der Waals surface area contributed by atoms with E-state index in [-0.39, 0.29) is 11.9 Å². The van der Waals surface area contributed by atoms with E-state index < -0.39 is 6.09 Å². The van der Waals surface area contributed by atoms with Gasteiger partial charge in [0.05, 0.1) is 6.04 Å². The summed E-state index contributed by atoms with van der Waals surface area (Å²) in [6.45, 7) is 3.38. The Labute approximate surface area is 151 Å². The molecule has 2 heterocycles. The molecule has 138 valence electrons. The van der Waals surface area contributed by atoms with Gasteiger partial charge in [0.25, 0.3) is 0 Å². The molecule has 1 aromatic heterocycles. The van der Waals surface area contributed by atoms with E-state index in [1.165, 1.54) is 12.1 Å². The first-order valence-corrected chi connectivity index (χ1v) is 8.68. The van der Waals surface area contributed by atoms with Crippen molar-refractivity contribution in [3.8, 4) is 0 Å². The van der Waals surface area contributed by atoms with Crippen LogP contribution in [-0.4, -0.2) is 40.3 Å². The molecule has 2 aromatic rings. The van der Waals surface area contributed by atoms with Crippen LogP contribution in [0.1, 0.15) is 25.5 Å². The quantitative estimate of drug-likeness (QED) is 0.734. The van der Waals surface area contributed by atoms with Gasteiger partial charge in [-0.2, -0.15) is 4.98 Å². The molecule has 1 saturated heterocycles. The predicted octanol–water partition coefficient (Wildman–Crippen LogP) is 3.16. The lowest BCUT2D eigenvalue weighted by molar-refractivity contribution is 0.191. The van der Waals surface area contributed by atoms with Crippen LogP contribution in [0.3, 0.4) is 0 Å². The Balaban J connectivity index is 1.80. The number of anilines is 3. The lowest BCUT2D eigenvalue weighted by Gasteiger charge is -2.19. The van der Waals surface area contributed by atoms with Crippen LogP contribution in [0.25, 0.3) is 0 Å². The Morgan fingerprint density at radius 3 is 2.81 bits per heavy atom. The first kappa shape index (κ1) is 17.9. The summed E-state index contributed by atoms with van der Waals surface area (Å²) in [5, 5.41) is 14.5. The minimum absolute atomic E-state index is 0.106. The van der Waals surface area contributed by atoms with E-state index in [0.717, 1.165) is 37.3 Å². The molecule has 3 rings (SSSR count). The van der Waals surface area contributed by atoms with Gasteiger partial charge in [-0.3, -0.25) is 0 Å². The summed E-state index contributed by atoms with van der Waals surface area (Å²) in [7, 11) is 0. The van der Waals surface area contributed by atoms with Gasteiger partial charge in [-0.05, 0) is 37.1 Å². The van der Waals surface area contributed by atoms with Crippen molar-refractivity contribution in [1.29, 1.82) is 0 Å². The molecule has 1 aliphatic rings. The van der Waals surface area contributed by atoms with Crippen LogP contribution in [0, 0.1) is 5.82 Å². The Bertz CT molecular complexity index is 769. The van der Waals surface area contributed by atoms with E-state index in [4.69, 9.17) is 5.11 Å². The van der Waals surface area contributed by atoms with Crippen LogP contribution in [-0.2, 0) is 6.42 Å². The van der Waals surface area contributed by atoms with E-state index in [9.17, 15) is 9.18 Å². The molecule has 0 unspecified atom stereocenters. The van der Waals surface area contributed by atoms with E-state index in [1.54, 1.807) is 12.1 Å². The smallest absolute Gasteiger partial charge is 0.404 e. The molecule has 0 saturated carbocycles. The second kappa shape index (κ2) is 7.99. The molecule has 1 amide bonds. The third-order valence-corrected chi connectivity index (χ3v) is 4.21. The molecule has 26 heavy (non-hydrogen) atoms. The lowest BCUT2D eigenvalue weighted by Crippen LogP contribution is -2.36. The molecule has 1 aliphatic heterocycles. The van der Waals surface area contributed by atoms with Gasteiger partial charge >= 0.3 is 6.09 Å². The third kappa shape index (κ3) is 4.59. The number of nitrogens with one attached hydrogen (secondary N) is 2. The maximum Gasteiger partial charge on any atom is 0.404 e. The molecular weight excluding hydrogens is 337 g/mol. The maximum atomic E-state index is 13.1. The van der Waals surface area contributed by atoms with E-state index in [1.807, 2.05) is 6.07 Å². The highest BCUT2D eigenvalue weighted by atomic mass is 19.1. The van der Waals surface area contributed by atoms with Crippen molar-refractivity contribution in [2.24, 2.45) is 0 Å². The summed E-state index contributed by atoms with van der Waals surface area (Å²) in [6, 6.07) is 7.86. The predicted molar refractivity (Wildman–Crippen MR) is 97.5 cm³/mol. The molecule has 0 spiro atoms. The number of hydrogen-bond donors (Lipinski definition) is 3. The van der Waals surface area contributed by atoms with Crippen molar-refractivity contribution in [2.75, 3.05) is 23.3 Å². The van der Waals surface area contributed by atoms with Crippen molar-refractivity contribution in [2.45, 2.75) is 32.2 Å². The molecule has 1 fully saturated rings. The second-order valence-electron chi connectivity index (χ2n) is 6.30. The minimum atomic E-state index is -1.01. The highest BCUT2D eigenvalue weighted by Gasteiger charge is 2.25. The van der Waals surface area contributed by atoms with Crippen molar-refractivity contribution < 1.29 is 14.3 Å². The zero-order valence-electron chi connectivity index (χ0n) is 14.6. The fourth-order valence-electron chi connectivity index (χ4n) is 3.01. The first-order valence-electron chi connectivity index (χ1n) is 8.68. The number of rotatable bonds is 6. The molecule has 3 N–H and O–H groups in total. The number of amides is 1. The van der Waals surface area contributed by atoms with Crippen molar-refractivity contribution >= 4 is 23.5 Å². The average Bonchev–Trinajstić information content (AvgIpc) is 3.05. The van der Waals surface area contributed by atoms with E-state index >= 15 is 0 Å². The number of hydrogen-bond acceptors (Lipinski definition) is 5. The standard InChI is InChI=1S/C18H22FN5O2/c1-2-3-14-10-16(24-9-8-15(11-24)22-18(25)26)23-17(21-14)20-13-6-4-12(19)5-7-13/h4-7,10,15,22H,2-3,8-9,11H2,1H3,(H,25,26)(H,20,21,23)/t15-/m0/s1. The molecular formula is C18H22FN5O2. The maximum absolute atomic E-state index is 13.1. The number of carboxylic acid groups (broad SMARTS) is 1. The molecule has 8 heteroatoms. The van der Waals surface area contributed by atoms with Gasteiger partial charge in [0.1, 0.15) is 11.6 Å². The normalized spacial score (nSPS) is 16.5. The van der Waals surface area contributed by atoms with Crippen molar-refractivity contribution in [1.82, 2.24) is 15.3 Å². The van der Waals surface area contributed by atoms with Crippen molar-refractivity contribution in [3.05, 3.63) is 41.8 Å². The van der Waals surface area contributed by atoms with Gasteiger partial charge in [0.2, 0.25) is 5.95 Å². The molecule has 7 nitrogen and oxygen atoms in total. The van der Waals surface area contributed by atoms with Crippen LogP contribution in [0.2, 0.25) is 0 Å². The highest BCUT2D eigenvalue weighted by molar-refractivity contribution is 5.65. The van der Waals surface area contributed by atoms with Crippen LogP contribution < -0.4 is 15.5 Å². The zero-order valence-corrected chi connectivity index (χ0v) is 14.6. The minimum Gasteiger partial charge on any atom is -0.465 e. The molecule has 1 atom stereocenters. The number of aromatic nitrogens is 2. The number of aryl methyl sites for hydroxylation is 1. The summed E-state index contributed by atoms with van der Waals surface area (Å²) < 4.78 is 13.1. The highest BCUT2D eigenvalue weighted by Crippen LogP contribution is 2.23. The van der Waals surface area contributed by atoms with Gasteiger partial charge < -0.3 is 20.6 Å². The van der Waals surface area contributed by atoms with Gasteiger partial charge in [0.15, 0.2) is 0 Å². The third-order valence-electron chi connectivity index (χ3n) is 4.21. The molecule has 0 radical (unpaired) electrons. The average molecular weight is 359 g/mol. The summed E-state index contributed by atoms with van der Waals surface area (Å²) >= 11 is 0. The number of carbonyl (C=O) groups is 1. The summed E-state index contributed by atoms with van der Waals surface area (Å²) in [5.41, 5.74) is 1.62. The summed E-state index contributed by atoms with van der Waals surface area (Å²) in [5.74, 6) is 0.917. The number of benzene rings is 1. The van der Waals surface area contributed by atoms with Gasteiger partial charge in [-0.15, -0.1) is 0 Å². The molecule has 0 aliphatic carbocycles. The summed E-state index contributed by atoms with van der Waals surface area (Å²) in [4.78, 5) is 22.0. The lowest BCUT2D eigenvalue weighted by atomic mass is 10.2. The van der Waals surface area contributed by atoms with Gasteiger partial charge in [0, 0.05) is 30.5 Å². The zero-order chi connectivity index (χ0) is 18.5. The summed E-state index contributed by atoms with van der Waals surface area (Å²) in [6.07, 6.45) is 1.50. The Hall–Kier alpha value is -2.90. The SMILES string of the molecule is CCCc1cc(N2CC[C@H](NC(=O)O)C2)nc(Nc2ccc(F)cc2)n1. The van der Waals surface area contributed by atoms with Crippen LogP contribution >= 0.6 is 0 Å². The Morgan fingerprint density at radius 2 is 2.12 bits per heavy atom. The van der Waals surface area contributed by atoms with E-state index in [2.05, 4.69) is 32.4 Å². The fourth-order valence-corrected chi connectivity index (χ4v) is 3.01. The van der Waals surface area contributed by atoms with Crippen LogP contribution in [0.4, 0.5) is 26.6 Å². The van der Waals surface area contributed by atoms with Gasteiger partial charge in [-0.1, -0.05) is 13.3 Å². The fraction of sp³-hybridized carbons (Fsp3) is 0.389.